The Balaban J connectivity index is 2.14. The number of methoxy groups -OCH3 is 1. The molecule has 116 valence electrons. The summed E-state index contributed by atoms with van der Waals surface area (Å²) < 4.78 is 5.32. The van der Waals surface area contributed by atoms with Crippen LogP contribution >= 0.6 is 0 Å². The third-order valence-electron chi connectivity index (χ3n) is 4.37. The van der Waals surface area contributed by atoms with Gasteiger partial charge in [0.25, 0.3) is 5.69 Å². The molecule has 1 saturated heterocycles. The summed E-state index contributed by atoms with van der Waals surface area (Å²) >= 11 is 0. The van der Waals surface area contributed by atoms with Crippen LogP contribution in [0.3, 0.4) is 0 Å². The van der Waals surface area contributed by atoms with E-state index >= 15 is 0 Å². The molecule has 1 aromatic rings. The summed E-state index contributed by atoms with van der Waals surface area (Å²) in [5, 5.41) is 10.9. The van der Waals surface area contributed by atoms with E-state index in [2.05, 4.69) is 11.8 Å². The second-order valence-electron chi connectivity index (χ2n) is 5.75. The van der Waals surface area contributed by atoms with Gasteiger partial charge in [-0.05, 0) is 37.4 Å². The molecule has 6 nitrogen and oxygen atoms in total. The molecule has 0 radical (unpaired) electrons. The number of nitro benzene ring substituents is 1. The molecule has 21 heavy (non-hydrogen) atoms. The van der Waals surface area contributed by atoms with E-state index in [9.17, 15) is 10.1 Å². The van der Waals surface area contributed by atoms with Gasteiger partial charge in [0.05, 0.1) is 12.0 Å². The Hall–Kier alpha value is -1.66. The lowest BCUT2D eigenvalue weighted by atomic mass is 9.87. The maximum absolute atomic E-state index is 10.9. The highest BCUT2D eigenvalue weighted by atomic mass is 16.6. The standard InChI is InChI=1S/C15H23N3O3/c1-11-5-6-17(10-13(11)8-16)9-12-7-14(18(19)20)3-4-15(12)21-2/h3-4,7,11,13H,5-6,8-10,16H2,1-2H3. The monoisotopic (exact) mass is 293 g/mol. The molecule has 1 aliphatic rings. The molecule has 1 aliphatic heterocycles. The Morgan fingerprint density at radius 2 is 2.29 bits per heavy atom. The number of likely N-dealkylation sites (tertiary alicyclic amines) is 1. The molecule has 6 heteroatoms. The summed E-state index contributed by atoms with van der Waals surface area (Å²) in [6.07, 6.45) is 1.11. The highest BCUT2D eigenvalue weighted by molar-refractivity contribution is 5.43. The molecule has 2 rings (SSSR count). The van der Waals surface area contributed by atoms with E-state index in [1.54, 1.807) is 19.2 Å². The van der Waals surface area contributed by atoms with Gasteiger partial charge in [0, 0.05) is 30.8 Å². The fourth-order valence-corrected chi connectivity index (χ4v) is 2.92. The van der Waals surface area contributed by atoms with E-state index in [-0.39, 0.29) is 10.6 Å². The van der Waals surface area contributed by atoms with Gasteiger partial charge in [-0.3, -0.25) is 15.0 Å². The lowest BCUT2D eigenvalue weighted by Gasteiger charge is -2.36. The van der Waals surface area contributed by atoms with Crippen molar-refractivity contribution < 1.29 is 9.66 Å². The predicted octanol–water partition coefficient (Wildman–Crippen LogP) is 2.02. The van der Waals surface area contributed by atoms with Crippen LogP contribution in [0.25, 0.3) is 0 Å². The van der Waals surface area contributed by atoms with Gasteiger partial charge in [0.2, 0.25) is 0 Å². The third kappa shape index (κ3) is 3.71. The van der Waals surface area contributed by atoms with Crippen LogP contribution < -0.4 is 10.5 Å². The summed E-state index contributed by atoms with van der Waals surface area (Å²) in [4.78, 5) is 12.9. The van der Waals surface area contributed by atoms with Crippen LogP contribution in [0, 0.1) is 22.0 Å². The van der Waals surface area contributed by atoms with E-state index in [1.807, 2.05) is 0 Å². The van der Waals surface area contributed by atoms with E-state index in [1.165, 1.54) is 6.07 Å². The lowest BCUT2D eigenvalue weighted by Crippen LogP contribution is -2.42. The molecule has 1 heterocycles. The van der Waals surface area contributed by atoms with Crippen LogP contribution in [0.1, 0.15) is 18.9 Å². The Kier molecular flexibility index (Phi) is 5.14. The minimum Gasteiger partial charge on any atom is -0.496 e. The molecule has 1 aromatic carbocycles. The molecule has 2 N–H and O–H groups in total. The number of nitro groups is 1. The average molecular weight is 293 g/mol. The fourth-order valence-electron chi connectivity index (χ4n) is 2.92. The van der Waals surface area contributed by atoms with Gasteiger partial charge < -0.3 is 10.5 Å². The van der Waals surface area contributed by atoms with Crippen LogP contribution in [-0.4, -0.2) is 36.6 Å². The number of hydrogen-bond acceptors (Lipinski definition) is 5. The van der Waals surface area contributed by atoms with Gasteiger partial charge in [-0.25, -0.2) is 0 Å². The first-order chi connectivity index (χ1) is 10.0. The van der Waals surface area contributed by atoms with Crippen molar-refractivity contribution in [1.29, 1.82) is 0 Å². The maximum atomic E-state index is 10.9. The molecule has 0 aliphatic carbocycles. The van der Waals surface area contributed by atoms with Crippen molar-refractivity contribution in [3.05, 3.63) is 33.9 Å². The summed E-state index contributed by atoms with van der Waals surface area (Å²) in [5.74, 6) is 1.82. The molecule has 0 spiro atoms. The summed E-state index contributed by atoms with van der Waals surface area (Å²) in [6, 6.07) is 4.75. The van der Waals surface area contributed by atoms with Crippen molar-refractivity contribution in [1.82, 2.24) is 4.90 Å². The molecule has 0 aromatic heterocycles. The number of rotatable bonds is 5. The van der Waals surface area contributed by atoms with Crippen molar-refractivity contribution >= 4 is 5.69 Å². The first kappa shape index (κ1) is 15.7. The van der Waals surface area contributed by atoms with Gasteiger partial charge in [-0.15, -0.1) is 0 Å². The SMILES string of the molecule is COc1ccc([N+](=O)[O-])cc1CN1CCC(C)C(CN)C1. The van der Waals surface area contributed by atoms with E-state index < -0.39 is 0 Å². The lowest BCUT2D eigenvalue weighted by molar-refractivity contribution is -0.385. The highest BCUT2D eigenvalue weighted by Crippen LogP contribution is 2.28. The number of piperidine rings is 1. The van der Waals surface area contributed by atoms with Gasteiger partial charge in [-0.2, -0.15) is 0 Å². The zero-order chi connectivity index (χ0) is 15.4. The van der Waals surface area contributed by atoms with Gasteiger partial charge in [-0.1, -0.05) is 6.92 Å². The van der Waals surface area contributed by atoms with Crippen molar-refractivity contribution in [2.45, 2.75) is 19.9 Å². The van der Waals surface area contributed by atoms with Crippen molar-refractivity contribution in [3.8, 4) is 5.75 Å². The molecule has 0 bridgehead atoms. The summed E-state index contributed by atoms with van der Waals surface area (Å²) in [6.45, 7) is 5.51. The zero-order valence-corrected chi connectivity index (χ0v) is 12.6. The van der Waals surface area contributed by atoms with Gasteiger partial charge in [0.15, 0.2) is 0 Å². The predicted molar refractivity (Wildman–Crippen MR) is 81.3 cm³/mol. The van der Waals surface area contributed by atoms with Crippen molar-refractivity contribution in [2.75, 3.05) is 26.7 Å². The number of hydrogen-bond donors (Lipinski definition) is 1. The number of nitrogens with two attached hydrogens (primary N) is 1. The Bertz CT molecular complexity index is 507. The van der Waals surface area contributed by atoms with Gasteiger partial charge >= 0.3 is 0 Å². The Labute approximate surface area is 125 Å². The van der Waals surface area contributed by atoms with Crippen LogP contribution in [-0.2, 0) is 6.54 Å². The van der Waals surface area contributed by atoms with Crippen LogP contribution in [0.15, 0.2) is 18.2 Å². The molecular formula is C15H23N3O3. The van der Waals surface area contributed by atoms with Crippen molar-refractivity contribution in [3.63, 3.8) is 0 Å². The number of nitrogens with zero attached hydrogens (tertiary/aromatic N) is 2. The molecule has 2 atom stereocenters. The third-order valence-corrected chi connectivity index (χ3v) is 4.37. The van der Waals surface area contributed by atoms with E-state index in [0.29, 0.717) is 30.7 Å². The topological polar surface area (TPSA) is 81.6 Å². The summed E-state index contributed by atoms with van der Waals surface area (Å²) in [5.41, 5.74) is 6.79. The number of benzene rings is 1. The Morgan fingerprint density at radius 1 is 1.52 bits per heavy atom. The van der Waals surface area contributed by atoms with Gasteiger partial charge in [0.1, 0.15) is 5.75 Å². The quantitative estimate of drug-likeness (QED) is 0.663. The minimum absolute atomic E-state index is 0.103. The molecule has 0 saturated carbocycles. The summed E-state index contributed by atoms with van der Waals surface area (Å²) in [7, 11) is 1.59. The molecule has 2 unspecified atom stereocenters. The first-order valence-corrected chi connectivity index (χ1v) is 7.29. The largest absolute Gasteiger partial charge is 0.496 e. The molecule has 0 amide bonds. The molecular weight excluding hydrogens is 270 g/mol. The minimum atomic E-state index is -0.371. The second-order valence-corrected chi connectivity index (χ2v) is 5.75. The second kappa shape index (κ2) is 6.87. The van der Waals surface area contributed by atoms with Crippen LogP contribution in [0.4, 0.5) is 5.69 Å². The van der Waals surface area contributed by atoms with Crippen molar-refractivity contribution in [2.24, 2.45) is 17.6 Å². The van der Waals surface area contributed by atoms with Crippen LogP contribution in [0.5, 0.6) is 5.75 Å². The molecule has 1 fully saturated rings. The average Bonchev–Trinajstić information content (AvgIpc) is 2.49. The van der Waals surface area contributed by atoms with E-state index in [4.69, 9.17) is 10.5 Å². The number of non-ortho nitro benzene ring substituents is 1. The number of ether oxygens (including phenoxy) is 1. The fraction of sp³-hybridized carbons (Fsp3) is 0.600. The highest BCUT2D eigenvalue weighted by Gasteiger charge is 2.26. The Morgan fingerprint density at radius 3 is 2.90 bits per heavy atom. The zero-order valence-electron chi connectivity index (χ0n) is 12.6. The normalized spacial score (nSPS) is 23.0. The van der Waals surface area contributed by atoms with E-state index in [0.717, 1.165) is 25.1 Å². The maximum Gasteiger partial charge on any atom is 0.270 e. The van der Waals surface area contributed by atoms with Crippen LogP contribution in [0.2, 0.25) is 0 Å². The first-order valence-electron chi connectivity index (χ1n) is 7.29. The smallest absolute Gasteiger partial charge is 0.270 e.